The topological polar surface area (TPSA) is 63.5 Å². The van der Waals surface area contributed by atoms with Crippen LogP contribution in [0, 0.1) is 10.1 Å². The maximum Gasteiger partial charge on any atom is 0.271 e. The van der Waals surface area contributed by atoms with Gasteiger partial charge in [-0.25, -0.2) is 0 Å². The molecular weight excluding hydrogens is 280 g/mol. The van der Waals surface area contributed by atoms with Gasteiger partial charge in [0.25, 0.3) is 5.69 Å². The Morgan fingerprint density at radius 3 is 2.80 bits per heavy atom. The highest BCUT2D eigenvalue weighted by molar-refractivity contribution is 6.29. The Balaban J connectivity index is 2.60. The number of hydrogen-bond donors (Lipinski definition) is 0. The van der Waals surface area contributed by atoms with E-state index in [0.29, 0.717) is 18.5 Å². The van der Waals surface area contributed by atoms with Crippen molar-refractivity contribution in [3.05, 3.63) is 33.9 Å². The molecular formula is C14H17ClN2O3. The Labute approximate surface area is 122 Å². The zero-order valence-electron chi connectivity index (χ0n) is 11.5. The van der Waals surface area contributed by atoms with Crippen molar-refractivity contribution in [2.24, 2.45) is 0 Å². The highest BCUT2D eigenvalue weighted by Gasteiger charge is 2.32. The van der Waals surface area contributed by atoms with E-state index in [1.165, 1.54) is 12.1 Å². The Morgan fingerprint density at radius 1 is 1.50 bits per heavy atom. The minimum atomic E-state index is -0.801. The number of non-ortho nitro benzene ring substituents is 1. The molecule has 0 aliphatic carbocycles. The van der Waals surface area contributed by atoms with Gasteiger partial charge in [-0.15, -0.1) is 0 Å². The molecule has 5 nitrogen and oxygen atoms in total. The summed E-state index contributed by atoms with van der Waals surface area (Å²) in [5.74, 6) is 0. The number of hydrogen-bond acceptors (Lipinski definition) is 4. The molecule has 1 aliphatic heterocycles. The van der Waals surface area contributed by atoms with Gasteiger partial charge in [0.1, 0.15) is 0 Å². The fourth-order valence-corrected chi connectivity index (χ4v) is 2.92. The van der Waals surface area contributed by atoms with Gasteiger partial charge >= 0.3 is 0 Å². The predicted octanol–water partition coefficient (Wildman–Crippen LogP) is 3.24. The number of carbonyl (C=O) groups excluding carboxylic acids is 1. The van der Waals surface area contributed by atoms with Crippen LogP contribution in [-0.4, -0.2) is 23.3 Å². The SMILES string of the molecule is CC1(C)CCCN(C(Cl)C=O)c2cc([N+](=O)[O-])ccc21. The molecule has 1 atom stereocenters. The van der Waals surface area contributed by atoms with Gasteiger partial charge in [0.15, 0.2) is 11.8 Å². The molecule has 1 aliphatic rings. The number of carbonyl (C=O) groups is 1. The highest BCUT2D eigenvalue weighted by atomic mass is 35.5. The van der Waals surface area contributed by atoms with E-state index < -0.39 is 10.4 Å². The predicted molar refractivity (Wildman–Crippen MR) is 78.4 cm³/mol. The van der Waals surface area contributed by atoms with E-state index in [4.69, 9.17) is 11.6 Å². The fourth-order valence-electron chi connectivity index (χ4n) is 2.72. The Bertz CT molecular complexity index is 545. The molecule has 6 heteroatoms. The first kappa shape index (κ1) is 14.8. The molecule has 0 spiro atoms. The summed E-state index contributed by atoms with van der Waals surface area (Å²) < 4.78 is 0. The molecule has 0 aromatic heterocycles. The van der Waals surface area contributed by atoms with Crippen LogP contribution in [0.4, 0.5) is 11.4 Å². The number of aldehydes is 1. The molecule has 0 N–H and O–H groups in total. The summed E-state index contributed by atoms with van der Waals surface area (Å²) in [6.07, 6.45) is 2.48. The van der Waals surface area contributed by atoms with Crippen molar-refractivity contribution in [2.75, 3.05) is 11.4 Å². The number of nitro benzene ring substituents is 1. The van der Waals surface area contributed by atoms with Crippen LogP contribution in [0.1, 0.15) is 32.3 Å². The summed E-state index contributed by atoms with van der Waals surface area (Å²) >= 11 is 6.06. The minimum absolute atomic E-state index is 0.0150. The summed E-state index contributed by atoms with van der Waals surface area (Å²) in [6, 6.07) is 4.80. The maximum atomic E-state index is 11.0. The Morgan fingerprint density at radius 2 is 2.20 bits per heavy atom. The van der Waals surface area contributed by atoms with E-state index in [1.54, 1.807) is 11.0 Å². The summed E-state index contributed by atoms with van der Waals surface area (Å²) in [4.78, 5) is 23.3. The first-order valence-electron chi connectivity index (χ1n) is 6.52. The number of anilines is 1. The van der Waals surface area contributed by atoms with Crippen molar-refractivity contribution < 1.29 is 9.72 Å². The molecule has 1 aromatic carbocycles. The van der Waals surface area contributed by atoms with Crippen LogP contribution < -0.4 is 4.90 Å². The number of nitrogens with zero attached hydrogens (tertiary/aromatic N) is 2. The van der Waals surface area contributed by atoms with E-state index >= 15 is 0 Å². The van der Waals surface area contributed by atoms with Crippen molar-refractivity contribution in [1.29, 1.82) is 0 Å². The van der Waals surface area contributed by atoms with E-state index in [-0.39, 0.29) is 11.1 Å². The molecule has 2 rings (SSSR count). The smallest absolute Gasteiger partial charge is 0.271 e. The van der Waals surface area contributed by atoms with E-state index in [2.05, 4.69) is 13.8 Å². The quantitative estimate of drug-likeness (QED) is 0.282. The second-order valence-corrected chi connectivity index (χ2v) is 6.10. The lowest BCUT2D eigenvalue weighted by Crippen LogP contribution is -2.33. The zero-order valence-corrected chi connectivity index (χ0v) is 12.3. The Hall–Kier alpha value is -1.62. The van der Waals surface area contributed by atoms with Crippen LogP contribution in [0.2, 0.25) is 0 Å². The Kier molecular flexibility index (Phi) is 3.99. The standard InChI is InChI=1S/C14H17ClN2O3/c1-14(2)6-3-7-16(13(15)9-18)12-8-10(17(19)20)4-5-11(12)14/h4-5,8-9,13H,3,6-7H2,1-2H3. The first-order valence-corrected chi connectivity index (χ1v) is 6.95. The van der Waals surface area contributed by atoms with Crippen LogP contribution in [0.3, 0.4) is 0 Å². The summed E-state index contributed by atoms with van der Waals surface area (Å²) in [6.45, 7) is 4.82. The van der Waals surface area contributed by atoms with Gasteiger partial charge in [-0.3, -0.25) is 14.9 Å². The molecule has 0 fully saturated rings. The van der Waals surface area contributed by atoms with Gasteiger partial charge < -0.3 is 4.90 Å². The molecule has 0 radical (unpaired) electrons. The first-order chi connectivity index (χ1) is 9.36. The summed E-state index contributed by atoms with van der Waals surface area (Å²) in [5, 5.41) is 11.0. The molecule has 1 heterocycles. The van der Waals surface area contributed by atoms with Crippen molar-refractivity contribution in [3.63, 3.8) is 0 Å². The maximum absolute atomic E-state index is 11.0. The van der Waals surface area contributed by atoms with Crippen molar-refractivity contribution in [3.8, 4) is 0 Å². The van der Waals surface area contributed by atoms with Gasteiger partial charge in [0, 0.05) is 24.4 Å². The van der Waals surface area contributed by atoms with E-state index in [1.807, 2.05) is 0 Å². The van der Waals surface area contributed by atoms with Crippen LogP contribution in [0.5, 0.6) is 0 Å². The number of rotatable bonds is 3. The van der Waals surface area contributed by atoms with Gasteiger partial charge in [-0.2, -0.15) is 0 Å². The van der Waals surface area contributed by atoms with Crippen LogP contribution in [0.25, 0.3) is 0 Å². The lowest BCUT2D eigenvalue weighted by atomic mass is 9.80. The molecule has 0 saturated heterocycles. The second-order valence-electron chi connectivity index (χ2n) is 5.65. The van der Waals surface area contributed by atoms with Crippen LogP contribution in [-0.2, 0) is 10.2 Å². The zero-order chi connectivity index (χ0) is 14.9. The second kappa shape index (κ2) is 5.40. The third kappa shape index (κ3) is 2.63. The van der Waals surface area contributed by atoms with Crippen molar-refractivity contribution in [1.82, 2.24) is 0 Å². The molecule has 0 saturated carbocycles. The molecule has 20 heavy (non-hydrogen) atoms. The molecule has 108 valence electrons. The van der Waals surface area contributed by atoms with E-state index in [9.17, 15) is 14.9 Å². The molecule has 0 amide bonds. The summed E-state index contributed by atoms with van der Waals surface area (Å²) in [7, 11) is 0. The number of nitro groups is 1. The largest absolute Gasteiger partial charge is 0.349 e. The van der Waals surface area contributed by atoms with Crippen LogP contribution >= 0.6 is 11.6 Å². The molecule has 1 aromatic rings. The fraction of sp³-hybridized carbons (Fsp3) is 0.500. The van der Waals surface area contributed by atoms with E-state index in [0.717, 1.165) is 18.4 Å². The average Bonchev–Trinajstić information content (AvgIpc) is 2.54. The number of benzene rings is 1. The summed E-state index contributed by atoms with van der Waals surface area (Å²) in [5.41, 5.74) is 0.798. The van der Waals surface area contributed by atoms with Gasteiger partial charge in [0.05, 0.1) is 4.92 Å². The normalized spacial score (nSPS) is 18.9. The number of alkyl halides is 1. The minimum Gasteiger partial charge on any atom is -0.349 e. The lowest BCUT2D eigenvalue weighted by molar-refractivity contribution is -0.384. The number of fused-ring (bicyclic) bond motifs is 1. The third-order valence-electron chi connectivity index (χ3n) is 3.84. The third-order valence-corrected chi connectivity index (χ3v) is 4.18. The number of halogens is 1. The van der Waals surface area contributed by atoms with Gasteiger partial charge in [-0.1, -0.05) is 25.4 Å². The molecule has 1 unspecified atom stereocenters. The van der Waals surface area contributed by atoms with Gasteiger partial charge in [0.2, 0.25) is 0 Å². The monoisotopic (exact) mass is 296 g/mol. The molecule has 0 bridgehead atoms. The van der Waals surface area contributed by atoms with Gasteiger partial charge in [-0.05, 0) is 29.9 Å². The highest BCUT2D eigenvalue weighted by Crippen LogP contribution is 2.41. The van der Waals surface area contributed by atoms with Crippen LogP contribution in [0.15, 0.2) is 18.2 Å². The average molecular weight is 297 g/mol. The van der Waals surface area contributed by atoms with Crippen molar-refractivity contribution in [2.45, 2.75) is 37.6 Å². The lowest BCUT2D eigenvalue weighted by Gasteiger charge is -2.29. The van der Waals surface area contributed by atoms with Crippen molar-refractivity contribution >= 4 is 29.3 Å².